The van der Waals surface area contributed by atoms with Crippen LogP contribution < -0.4 is 10.1 Å². The van der Waals surface area contributed by atoms with Gasteiger partial charge in [0.2, 0.25) is 0 Å². The Labute approximate surface area is 129 Å². The Morgan fingerprint density at radius 2 is 1.76 bits per heavy atom. The number of rotatable bonds is 6. The molecule has 1 N–H and O–H groups in total. The third-order valence-corrected chi connectivity index (χ3v) is 3.26. The largest absolute Gasteiger partial charge is 0.494 e. The first-order valence-corrected chi connectivity index (χ1v) is 7.45. The van der Waals surface area contributed by atoms with Gasteiger partial charge in [0.1, 0.15) is 5.75 Å². The number of benzene rings is 2. The van der Waals surface area contributed by atoms with Crippen LogP contribution in [0.1, 0.15) is 29.3 Å². The number of nitrogens with one attached hydrogen (secondary N) is 1. The van der Waals surface area contributed by atoms with Gasteiger partial charge in [0.15, 0.2) is 0 Å². The summed E-state index contributed by atoms with van der Waals surface area (Å²) < 4.78 is 5.50. The highest BCUT2D eigenvalue weighted by Crippen LogP contribution is 2.17. The maximum absolute atomic E-state index is 12.1. The zero-order chi connectivity index (χ0) is 15.1. The van der Waals surface area contributed by atoms with E-state index in [1.165, 1.54) is 0 Å². The highest BCUT2D eigenvalue weighted by Gasteiger charge is 2.06. The lowest BCUT2D eigenvalue weighted by molar-refractivity contribution is 0.102. The normalized spacial score (nSPS) is 10.2. The van der Waals surface area contributed by atoms with Gasteiger partial charge in [-0.3, -0.25) is 4.79 Å². The van der Waals surface area contributed by atoms with E-state index in [-0.39, 0.29) is 5.91 Å². The van der Waals surface area contributed by atoms with Crippen LogP contribution in [0.2, 0.25) is 0 Å². The Hall–Kier alpha value is -2.00. The van der Waals surface area contributed by atoms with Crippen LogP contribution in [0.4, 0.5) is 5.69 Å². The molecular formula is C17H18ClNO2. The minimum absolute atomic E-state index is 0.140. The van der Waals surface area contributed by atoms with E-state index in [4.69, 9.17) is 16.3 Å². The van der Waals surface area contributed by atoms with Gasteiger partial charge in [-0.2, -0.15) is 0 Å². The monoisotopic (exact) mass is 303 g/mol. The molecule has 0 radical (unpaired) electrons. The van der Waals surface area contributed by atoms with Crippen molar-refractivity contribution >= 4 is 23.2 Å². The Kier molecular flexibility index (Phi) is 5.64. The highest BCUT2D eigenvalue weighted by molar-refractivity contribution is 6.17. The molecule has 0 fully saturated rings. The molecule has 0 aromatic heterocycles. The van der Waals surface area contributed by atoms with Crippen LogP contribution >= 0.6 is 11.6 Å². The quantitative estimate of drug-likeness (QED) is 0.800. The van der Waals surface area contributed by atoms with E-state index < -0.39 is 0 Å². The summed E-state index contributed by atoms with van der Waals surface area (Å²) in [6, 6.07) is 14.6. The second-order valence-corrected chi connectivity index (χ2v) is 4.92. The topological polar surface area (TPSA) is 38.3 Å². The number of ether oxygens (including phenoxy) is 1. The fourth-order valence-electron chi connectivity index (χ4n) is 1.80. The lowest BCUT2D eigenvalue weighted by Crippen LogP contribution is -2.11. The standard InChI is InChI=1S/C17H18ClNO2/c1-2-11-21-16-9-7-15(8-10-16)19-17(20)14-5-3-13(12-18)4-6-14/h3-10H,2,11-12H2,1H3,(H,19,20). The average Bonchev–Trinajstić information content (AvgIpc) is 2.54. The maximum Gasteiger partial charge on any atom is 0.255 e. The Balaban J connectivity index is 1.98. The van der Waals surface area contributed by atoms with Gasteiger partial charge >= 0.3 is 0 Å². The van der Waals surface area contributed by atoms with Crippen LogP contribution in [0, 0.1) is 0 Å². The van der Waals surface area contributed by atoms with Gasteiger partial charge in [0.05, 0.1) is 6.61 Å². The van der Waals surface area contributed by atoms with Crippen molar-refractivity contribution in [3.63, 3.8) is 0 Å². The molecule has 4 heteroatoms. The van der Waals surface area contributed by atoms with Crippen LogP contribution in [0.5, 0.6) is 5.75 Å². The average molecular weight is 304 g/mol. The summed E-state index contributed by atoms with van der Waals surface area (Å²) in [5.41, 5.74) is 2.34. The zero-order valence-electron chi connectivity index (χ0n) is 11.9. The molecule has 0 heterocycles. The SMILES string of the molecule is CCCOc1ccc(NC(=O)c2ccc(CCl)cc2)cc1. The molecule has 0 saturated heterocycles. The van der Waals surface area contributed by atoms with Crippen LogP contribution in [-0.4, -0.2) is 12.5 Å². The molecule has 2 rings (SSSR count). The molecule has 1 amide bonds. The van der Waals surface area contributed by atoms with E-state index in [1.807, 2.05) is 36.4 Å². The summed E-state index contributed by atoms with van der Waals surface area (Å²) in [7, 11) is 0. The van der Waals surface area contributed by atoms with Crippen molar-refractivity contribution in [3.8, 4) is 5.75 Å². The molecule has 0 aliphatic heterocycles. The number of hydrogen-bond acceptors (Lipinski definition) is 2. The first-order chi connectivity index (χ1) is 10.2. The highest BCUT2D eigenvalue weighted by atomic mass is 35.5. The van der Waals surface area contributed by atoms with Gasteiger partial charge in [0.25, 0.3) is 5.91 Å². The van der Waals surface area contributed by atoms with Gasteiger partial charge in [0, 0.05) is 17.1 Å². The lowest BCUT2D eigenvalue weighted by atomic mass is 10.1. The van der Waals surface area contributed by atoms with E-state index in [9.17, 15) is 4.79 Å². The van der Waals surface area contributed by atoms with Crippen LogP contribution in [0.15, 0.2) is 48.5 Å². The van der Waals surface area contributed by atoms with Gasteiger partial charge in [-0.05, 0) is 48.4 Å². The molecule has 0 aliphatic carbocycles. The fraction of sp³-hybridized carbons (Fsp3) is 0.235. The van der Waals surface area contributed by atoms with Crippen molar-refractivity contribution in [2.45, 2.75) is 19.2 Å². The van der Waals surface area contributed by atoms with Crippen molar-refractivity contribution in [3.05, 3.63) is 59.7 Å². The molecule has 2 aromatic rings. The Bertz CT molecular complexity index is 579. The number of amides is 1. The van der Waals surface area contributed by atoms with E-state index >= 15 is 0 Å². The maximum atomic E-state index is 12.1. The number of alkyl halides is 1. The van der Waals surface area contributed by atoms with Gasteiger partial charge in [-0.25, -0.2) is 0 Å². The van der Waals surface area contributed by atoms with Crippen molar-refractivity contribution in [2.75, 3.05) is 11.9 Å². The molecule has 21 heavy (non-hydrogen) atoms. The number of carbonyl (C=O) groups excluding carboxylic acids is 1. The van der Waals surface area contributed by atoms with Crippen LogP contribution in [-0.2, 0) is 5.88 Å². The summed E-state index contributed by atoms with van der Waals surface area (Å²) in [6.45, 7) is 2.75. The third-order valence-electron chi connectivity index (χ3n) is 2.96. The Morgan fingerprint density at radius 1 is 1.10 bits per heavy atom. The summed E-state index contributed by atoms with van der Waals surface area (Å²) >= 11 is 5.73. The van der Waals surface area contributed by atoms with Crippen LogP contribution in [0.3, 0.4) is 0 Å². The lowest BCUT2D eigenvalue weighted by Gasteiger charge is -2.08. The van der Waals surface area contributed by atoms with E-state index in [0.29, 0.717) is 18.1 Å². The van der Waals surface area contributed by atoms with Crippen molar-refractivity contribution in [1.82, 2.24) is 0 Å². The molecule has 0 atom stereocenters. The molecule has 0 bridgehead atoms. The predicted molar refractivity (Wildman–Crippen MR) is 86.2 cm³/mol. The van der Waals surface area contributed by atoms with Crippen molar-refractivity contribution in [1.29, 1.82) is 0 Å². The zero-order valence-corrected chi connectivity index (χ0v) is 12.7. The van der Waals surface area contributed by atoms with Gasteiger partial charge < -0.3 is 10.1 Å². The molecule has 0 saturated carbocycles. The molecule has 0 aliphatic rings. The minimum Gasteiger partial charge on any atom is -0.494 e. The number of carbonyl (C=O) groups is 1. The smallest absolute Gasteiger partial charge is 0.255 e. The number of halogens is 1. The number of hydrogen-bond donors (Lipinski definition) is 1. The first kappa shape index (κ1) is 15.4. The summed E-state index contributed by atoms with van der Waals surface area (Å²) in [4.78, 5) is 12.1. The summed E-state index contributed by atoms with van der Waals surface area (Å²) in [6.07, 6.45) is 0.969. The summed E-state index contributed by atoms with van der Waals surface area (Å²) in [5.74, 6) is 1.11. The fourth-order valence-corrected chi connectivity index (χ4v) is 1.98. The molecular weight excluding hydrogens is 286 g/mol. The van der Waals surface area contributed by atoms with Crippen molar-refractivity contribution < 1.29 is 9.53 Å². The van der Waals surface area contributed by atoms with E-state index in [0.717, 1.165) is 23.4 Å². The predicted octanol–water partition coefficient (Wildman–Crippen LogP) is 4.47. The van der Waals surface area contributed by atoms with Gasteiger partial charge in [-0.1, -0.05) is 19.1 Å². The summed E-state index contributed by atoms with van der Waals surface area (Å²) in [5, 5.41) is 2.85. The second kappa shape index (κ2) is 7.70. The van der Waals surface area contributed by atoms with Crippen molar-refractivity contribution in [2.24, 2.45) is 0 Å². The van der Waals surface area contributed by atoms with E-state index in [1.54, 1.807) is 12.1 Å². The minimum atomic E-state index is -0.140. The molecule has 0 unspecified atom stereocenters. The molecule has 0 spiro atoms. The van der Waals surface area contributed by atoms with Crippen LogP contribution in [0.25, 0.3) is 0 Å². The molecule has 2 aromatic carbocycles. The third kappa shape index (κ3) is 4.50. The molecule has 110 valence electrons. The first-order valence-electron chi connectivity index (χ1n) is 6.92. The van der Waals surface area contributed by atoms with E-state index in [2.05, 4.69) is 12.2 Å². The number of anilines is 1. The second-order valence-electron chi connectivity index (χ2n) is 4.66. The Morgan fingerprint density at radius 3 is 2.33 bits per heavy atom. The van der Waals surface area contributed by atoms with Gasteiger partial charge in [-0.15, -0.1) is 11.6 Å². The molecule has 3 nitrogen and oxygen atoms in total.